The second kappa shape index (κ2) is 7.48. The van der Waals surface area contributed by atoms with Gasteiger partial charge in [-0.05, 0) is 24.6 Å². The average Bonchev–Trinajstić information content (AvgIpc) is 2.33. The maximum atomic E-state index is 12.0. The Bertz CT molecular complexity index is 449. The number of benzene rings is 1. The molecule has 0 saturated heterocycles. The molecule has 0 aromatic heterocycles. The third-order valence-corrected chi connectivity index (χ3v) is 3.85. The molecule has 1 amide bonds. The van der Waals surface area contributed by atoms with Gasteiger partial charge >= 0.3 is 0 Å². The van der Waals surface area contributed by atoms with Gasteiger partial charge in [-0.2, -0.15) is 11.8 Å². The summed E-state index contributed by atoms with van der Waals surface area (Å²) in [4.78, 5) is 12.0. The highest BCUT2D eigenvalue weighted by Crippen LogP contribution is 2.22. The van der Waals surface area contributed by atoms with Gasteiger partial charge in [0.2, 0.25) is 0 Å². The quantitative estimate of drug-likeness (QED) is 0.479. The van der Waals surface area contributed by atoms with Crippen LogP contribution in [0.1, 0.15) is 15.9 Å². The van der Waals surface area contributed by atoms with E-state index in [1.165, 1.54) is 0 Å². The van der Waals surface area contributed by atoms with Crippen molar-refractivity contribution in [2.45, 2.75) is 6.92 Å². The molecule has 1 aromatic rings. The van der Waals surface area contributed by atoms with Crippen LogP contribution in [0.4, 0.5) is 5.69 Å². The summed E-state index contributed by atoms with van der Waals surface area (Å²) in [5.74, 6) is 1.69. The molecule has 3 N–H and O–H groups in total. The summed E-state index contributed by atoms with van der Waals surface area (Å²) in [6.07, 6.45) is 1.85. The fraction of sp³-hybridized carbons (Fsp3) is 0.308. The summed E-state index contributed by atoms with van der Waals surface area (Å²) in [5.41, 5.74) is 7.88. The number of nitrogens with two attached hydrogens (primary N) is 1. The maximum Gasteiger partial charge on any atom is 0.251 e. The van der Waals surface area contributed by atoms with Gasteiger partial charge in [0.15, 0.2) is 0 Å². The molecule has 0 saturated carbocycles. The molecule has 3 nitrogen and oxygen atoms in total. The van der Waals surface area contributed by atoms with Crippen LogP contribution in [0.25, 0.3) is 0 Å². The van der Waals surface area contributed by atoms with Crippen LogP contribution in [0.3, 0.4) is 0 Å². The van der Waals surface area contributed by atoms with Gasteiger partial charge in [-0.3, -0.25) is 4.79 Å². The van der Waals surface area contributed by atoms with Gasteiger partial charge in [-0.1, -0.05) is 22.0 Å². The van der Waals surface area contributed by atoms with E-state index >= 15 is 0 Å². The lowest BCUT2D eigenvalue weighted by molar-refractivity contribution is 0.0955. The summed E-state index contributed by atoms with van der Waals surface area (Å²) < 4.78 is 0.816. The van der Waals surface area contributed by atoms with Gasteiger partial charge in [0.1, 0.15) is 0 Å². The second-order valence-electron chi connectivity index (χ2n) is 3.79. The van der Waals surface area contributed by atoms with Crippen molar-refractivity contribution >= 4 is 39.3 Å². The third kappa shape index (κ3) is 4.38. The number of nitrogen functional groups attached to an aromatic ring is 1. The Labute approximate surface area is 120 Å². The van der Waals surface area contributed by atoms with Crippen LogP contribution < -0.4 is 11.1 Å². The van der Waals surface area contributed by atoms with Crippen molar-refractivity contribution in [3.63, 3.8) is 0 Å². The highest BCUT2D eigenvalue weighted by atomic mass is 79.9. The molecule has 0 unspecified atom stereocenters. The van der Waals surface area contributed by atoms with Crippen molar-refractivity contribution in [2.24, 2.45) is 0 Å². The van der Waals surface area contributed by atoms with Gasteiger partial charge in [0, 0.05) is 33.8 Å². The van der Waals surface area contributed by atoms with E-state index in [0.717, 1.165) is 21.5 Å². The van der Waals surface area contributed by atoms with Gasteiger partial charge in [0.05, 0.1) is 0 Å². The van der Waals surface area contributed by atoms with E-state index in [2.05, 4.69) is 27.8 Å². The number of thioether (sulfide) groups is 1. The van der Waals surface area contributed by atoms with Crippen molar-refractivity contribution in [3.8, 4) is 0 Å². The van der Waals surface area contributed by atoms with E-state index in [1.807, 2.05) is 13.0 Å². The second-order valence-corrected chi connectivity index (χ2v) is 5.85. The van der Waals surface area contributed by atoms with E-state index in [1.54, 1.807) is 23.9 Å². The summed E-state index contributed by atoms with van der Waals surface area (Å²) in [5, 5.41) is 2.88. The normalized spacial score (nSPS) is 10.1. The van der Waals surface area contributed by atoms with Crippen LogP contribution in [-0.4, -0.2) is 24.0 Å². The zero-order valence-corrected chi connectivity index (χ0v) is 12.7. The summed E-state index contributed by atoms with van der Waals surface area (Å²) in [6, 6.07) is 3.59. The summed E-state index contributed by atoms with van der Waals surface area (Å²) in [6.45, 7) is 6.14. The number of halogens is 1. The number of hydrogen-bond donors (Lipinski definition) is 2. The van der Waals surface area contributed by atoms with Gasteiger partial charge in [-0.25, -0.2) is 0 Å². The average molecular weight is 329 g/mol. The highest BCUT2D eigenvalue weighted by molar-refractivity contribution is 9.10. The zero-order valence-electron chi connectivity index (χ0n) is 10.3. The molecule has 0 atom stereocenters. The third-order valence-electron chi connectivity index (χ3n) is 2.42. The van der Waals surface area contributed by atoms with E-state index in [4.69, 9.17) is 5.73 Å². The van der Waals surface area contributed by atoms with Crippen LogP contribution >= 0.6 is 27.7 Å². The highest BCUT2D eigenvalue weighted by Gasteiger charge is 2.11. The first-order valence-electron chi connectivity index (χ1n) is 5.58. The lowest BCUT2D eigenvalue weighted by atomic mass is 10.1. The van der Waals surface area contributed by atoms with Crippen LogP contribution in [-0.2, 0) is 0 Å². The smallest absolute Gasteiger partial charge is 0.251 e. The van der Waals surface area contributed by atoms with Gasteiger partial charge in [-0.15, -0.1) is 6.58 Å². The van der Waals surface area contributed by atoms with Gasteiger partial charge < -0.3 is 11.1 Å². The first-order valence-corrected chi connectivity index (χ1v) is 7.53. The molecular formula is C13H17BrN2OS. The molecule has 1 aromatic carbocycles. The van der Waals surface area contributed by atoms with Crippen LogP contribution in [0, 0.1) is 6.92 Å². The van der Waals surface area contributed by atoms with Gasteiger partial charge in [0.25, 0.3) is 5.91 Å². The number of carbonyl (C=O) groups is 1. The Hall–Kier alpha value is -0.940. The number of hydrogen-bond acceptors (Lipinski definition) is 3. The number of carbonyl (C=O) groups excluding carboxylic acids is 1. The maximum absolute atomic E-state index is 12.0. The van der Waals surface area contributed by atoms with Crippen LogP contribution in [0.15, 0.2) is 29.3 Å². The first-order chi connectivity index (χ1) is 8.56. The molecule has 0 aliphatic heterocycles. The fourth-order valence-corrected chi connectivity index (χ4v) is 2.49. The number of amides is 1. The molecule has 0 radical (unpaired) electrons. The van der Waals surface area contributed by atoms with E-state index in [0.29, 0.717) is 17.8 Å². The minimum atomic E-state index is -0.0836. The summed E-state index contributed by atoms with van der Waals surface area (Å²) >= 11 is 5.08. The monoisotopic (exact) mass is 328 g/mol. The molecule has 0 aliphatic rings. The summed E-state index contributed by atoms with van der Waals surface area (Å²) in [7, 11) is 0. The molecule has 0 aliphatic carbocycles. The first kappa shape index (κ1) is 15.1. The topological polar surface area (TPSA) is 55.1 Å². The molecule has 0 heterocycles. The molecule has 0 fully saturated rings. The molecule has 0 bridgehead atoms. The Morgan fingerprint density at radius 1 is 1.61 bits per heavy atom. The van der Waals surface area contributed by atoms with E-state index < -0.39 is 0 Å². The number of rotatable bonds is 6. The molecule has 0 spiro atoms. The predicted molar refractivity (Wildman–Crippen MR) is 83.1 cm³/mol. The molecule has 98 valence electrons. The van der Waals surface area contributed by atoms with Crippen molar-refractivity contribution < 1.29 is 4.79 Å². The van der Waals surface area contributed by atoms with Crippen molar-refractivity contribution in [1.82, 2.24) is 5.32 Å². The fourth-order valence-electron chi connectivity index (χ4n) is 1.43. The molecular weight excluding hydrogens is 312 g/mol. The van der Waals surface area contributed by atoms with Crippen LogP contribution in [0.2, 0.25) is 0 Å². The van der Waals surface area contributed by atoms with Crippen molar-refractivity contribution in [2.75, 3.05) is 23.8 Å². The molecule has 18 heavy (non-hydrogen) atoms. The van der Waals surface area contributed by atoms with Crippen molar-refractivity contribution in [3.05, 3.63) is 40.4 Å². The van der Waals surface area contributed by atoms with E-state index in [-0.39, 0.29) is 5.91 Å². The number of nitrogens with one attached hydrogen (secondary N) is 1. The molecule has 1 rings (SSSR count). The van der Waals surface area contributed by atoms with E-state index in [9.17, 15) is 4.79 Å². The van der Waals surface area contributed by atoms with Crippen LogP contribution in [0.5, 0.6) is 0 Å². The molecule has 5 heteroatoms. The largest absolute Gasteiger partial charge is 0.398 e. The Balaban J connectivity index is 2.59. The lowest BCUT2D eigenvalue weighted by Gasteiger charge is -2.10. The SMILES string of the molecule is C=CCSCCNC(=O)c1cc(Br)cc(N)c1C. The minimum absolute atomic E-state index is 0.0836. The zero-order chi connectivity index (χ0) is 13.5. The van der Waals surface area contributed by atoms with Crippen molar-refractivity contribution in [1.29, 1.82) is 0 Å². The minimum Gasteiger partial charge on any atom is -0.398 e. The Kier molecular flexibility index (Phi) is 6.29. The Morgan fingerprint density at radius 2 is 2.33 bits per heavy atom. The predicted octanol–water partition coefficient (Wildman–Crippen LogP) is 2.99. The lowest BCUT2D eigenvalue weighted by Crippen LogP contribution is -2.26. The standard InChI is InChI=1S/C13H17BrN2OS/c1-3-5-18-6-4-16-13(17)11-7-10(14)8-12(15)9(11)2/h3,7-8H,1,4-6,15H2,2H3,(H,16,17). The number of anilines is 1. The Morgan fingerprint density at radius 3 is 3.00 bits per heavy atom.